The van der Waals surface area contributed by atoms with E-state index in [2.05, 4.69) is 0 Å². The lowest BCUT2D eigenvalue weighted by molar-refractivity contribution is 0.415. The molecule has 1 nitrogen and oxygen atoms in total. The number of aryl methyl sites for hydroxylation is 1. The lowest BCUT2D eigenvalue weighted by Gasteiger charge is -2.06. The molecule has 2 rings (SSSR count). The SMILES string of the molecule is CCc1ccc2cc(OC)ccc2c1F. The van der Waals surface area contributed by atoms with E-state index in [0.29, 0.717) is 11.8 Å². The maximum absolute atomic E-state index is 13.9. The van der Waals surface area contributed by atoms with Crippen LogP contribution in [0.2, 0.25) is 0 Å². The van der Waals surface area contributed by atoms with E-state index in [-0.39, 0.29) is 5.82 Å². The van der Waals surface area contributed by atoms with Gasteiger partial charge in [0.05, 0.1) is 7.11 Å². The van der Waals surface area contributed by atoms with Crippen molar-refractivity contribution in [1.82, 2.24) is 0 Å². The minimum absolute atomic E-state index is 0.113. The molecule has 15 heavy (non-hydrogen) atoms. The van der Waals surface area contributed by atoms with Crippen LogP contribution in [0.4, 0.5) is 4.39 Å². The topological polar surface area (TPSA) is 9.23 Å². The summed E-state index contributed by atoms with van der Waals surface area (Å²) in [6, 6.07) is 9.16. The molecule has 0 bridgehead atoms. The fraction of sp³-hybridized carbons (Fsp3) is 0.231. The van der Waals surface area contributed by atoms with Crippen LogP contribution in [0.25, 0.3) is 10.8 Å². The molecular formula is C13H13FO. The highest BCUT2D eigenvalue weighted by Gasteiger charge is 2.06. The Morgan fingerprint density at radius 3 is 2.67 bits per heavy atom. The molecule has 78 valence electrons. The molecule has 0 saturated carbocycles. The second kappa shape index (κ2) is 3.89. The highest BCUT2D eigenvalue weighted by atomic mass is 19.1. The van der Waals surface area contributed by atoms with Gasteiger partial charge in [0.1, 0.15) is 11.6 Å². The standard InChI is InChI=1S/C13H13FO/c1-3-9-4-5-10-8-11(15-2)6-7-12(10)13(9)14/h4-8H,3H2,1-2H3. The zero-order chi connectivity index (χ0) is 10.8. The fourth-order valence-corrected chi connectivity index (χ4v) is 1.72. The van der Waals surface area contributed by atoms with Gasteiger partial charge in [-0.25, -0.2) is 4.39 Å². The van der Waals surface area contributed by atoms with Gasteiger partial charge in [0, 0.05) is 5.39 Å². The van der Waals surface area contributed by atoms with Gasteiger partial charge in [-0.15, -0.1) is 0 Å². The van der Waals surface area contributed by atoms with Gasteiger partial charge >= 0.3 is 0 Å². The molecule has 0 radical (unpaired) electrons. The summed E-state index contributed by atoms with van der Waals surface area (Å²) in [5, 5.41) is 1.54. The molecule has 0 aliphatic heterocycles. The van der Waals surface area contributed by atoms with Crippen LogP contribution >= 0.6 is 0 Å². The summed E-state index contributed by atoms with van der Waals surface area (Å²) in [5.74, 6) is 0.642. The van der Waals surface area contributed by atoms with Crippen LogP contribution in [0.3, 0.4) is 0 Å². The van der Waals surface area contributed by atoms with Crippen molar-refractivity contribution < 1.29 is 9.13 Å². The van der Waals surface area contributed by atoms with Crippen molar-refractivity contribution in [3.8, 4) is 5.75 Å². The number of benzene rings is 2. The molecule has 0 amide bonds. The average molecular weight is 204 g/mol. The van der Waals surface area contributed by atoms with Crippen molar-refractivity contribution in [2.24, 2.45) is 0 Å². The molecule has 0 unspecified atom stereocenters. The van der Waals surface area contributed by atoms with Crippen LogP contribution < -0.4 is 4.74 Å². The van der Waals surface area contributed by atoms with Crippen LogP contribution in [0.15, 0.2) is 30.3 Å². The van der Waals surface area contributed by atoms with E-state index in [1.807, 2.05) is 25.1 Å². The van der Waals surface area contributed by atoms with Gasteiger partial charge in [-0.2, -0.15) is 0 Å². The second-order valence-corrected chi connectivity index (χ2v) is 3.48. The Hall–Kier alpha value is -1.57. The van der Waals surface area contributed by atoms with Crippen molar-refractivity contribution in [3.63, 3.8) is 0 Å². The van der Waals surface area contributed by atoms with E-state index in [9.17, 15) is 4.39 Å². The van der Waals surface area contributed by atoms with Crippen molar-refractivity contribution in [1.29, 1.82) is 0 Å². The minimum atomic E-state index is -0.113. The Kier molecular flexibility index (Phi) is 2.58. The number of hydrogen-bond acceptors (Lipinski definition) is 1. The zero-order valence-electron chi connectivity index (χ0n) is 8.88. The largest absolute Gasteiger partial charge is 0.497 e. The van der Waals surface area contributed by atoms with Crippen molar-refractivity contribution in [2.75, 3.05) is 7.11 Å². The monoisotopic (exact) mass is 204 g/mol. The first-order valence-electron chi connectivity index (χ1n) is 5.01. The third-order valence-corrected chi connectivity index (χ3v) is 2.62. The molecule has 0 N–H and O–H groups in total. The van der Waals surface area contributed by atoms with Crippen molar-refractivity contribution in [2.45, 2.75) is 13.3 Å². The highest BCUT2D eigenvalue weighted by Crippen LogP contribution is 2.25. The summed E-state index contributed by atoms with van der Waals surface area (Å²) in [6.07, 6.45) is 0.716. The average Bonchev–Trinajstić information content (AvgIpc) is 2.29. The molecule has 0 aromatic heterocycles. The molecule has 0 saturated heterocycles. The lowest BCUT2D eigenvalue weighted by atomic mass is 10.0. The number of methoxy groups -OCH3 is 1. The van der Waals surface area contributed by atoms with E-state index in [1.165, 1.54) is 0 Å². The van der Waals surface area contributed by atoms with Gasteiger partial charge in [0.2, 0.25) is 0 Å². The summed E-state index contributed by atoms with van der Waals surface area (Å²) < 4.78 is 19.0. The normalized spacial score (nSPS) is 10.6. The Labute approximate surface area is 88.5 Å². The number of halogens is 1. The fourth-order valence-electron chi connectivity index (χ4n) is 1.72. The number of rotatable bonds is 2. The second-order valence-electron chi connectivity index (χ2n) is 3.48. The molecule has 2 aromatic rings. The molecule has 0 aliphatic rings. The van der Waals surface area contributed by atoms with Gasteiger partial charge < -0.3 is 4.74 Å². The van der Waals surface area contributed by atoms with Gasteiger partial charge in [-0.3, -0.25) is 0 Å². The molecule has 0 atom stereocenters. The molecule has 2 heteroatoms. The zero-order valence-corrected chi connectivity index (χ0v) is 8.88. The third kappa shape index (κ3) is 1.67. The third-order valence-electron chi connectivity index (χ3n) is 2.62. The predicted molar refractivity (Wildman–Crippen MR) is 59.8 cm³/mol. The maximum atomic E-state index is 13.9. The van der Waals surface area contributed by atoms with Crippen LogP contribution in [0.1, 0.15) is 12.5 Å². The van der Waals surface area contributed by atoms with Gasteiger partial charge in [-0.1, -0.05) is 19.1 Å². The molecule has 0 spiro atoms. The Bertz CT molecular complexity index is 491. The number of hydrogen-bond donors (Lipinski definition) is 0. The summed E-state index contributed by atoms with van der Waals surface area (Å²) in [4.78, 5) is 0. The summed E-state index contributed by atoms with van der Waals surface area (Å²) >= 11 is 0. The van der Waals surface area contributed by atoms with E-state index in [0.717, 1.165) is 16.7 Å². The molecular weight excluding hydrogens is 191 g/mol. The first kappa shape index (κ1) is 9.97. The number of ether oxygens (including phenoxy) is 1. The molecule has 0 fully saturated rings. The van der Waals surface area contributed by atoms with Crippen LogP contribution in [0, 0.1) is 5.82 Å². The summed E-state index contributed by atoms with van der Waals surface area (Å²) in [7, 11) is 1.61. The van der Waals surface area contributed by atoms with Gasteiger partial charge in [0.25, 0.3) is 0 Å². The predicted octanol–water partition coefficient (Wildman–Crippen LogP) is 3.55. The Balaban J connectivity index is 2.68. The van der Waals surface area contributed by atoms with E-state index in [4.69, 9.17) is 4.74 Å². The van der Waals surface area contributed by atoms with E-state index in [1.54, 1.807) is 19.2 Å². The highest BCUT2D eigenvalue weighted by molar-refractivity contribution is 5.85. The van der Waals surface area contributed by atoms with Crippen LogP contribution in [0.5, 0.6) is 5.75 Å². The summed E-state index contributed by atoms with van der Waals surface area (Å²) in [5.41, 5.74) is 0.757. The quantitative estimate of drug-likeness (QED) is 0.726. The maximum Gasteiger partial charge on any atom is 0.134 e. The van der Waals surface area contributed by atoms with Gasteiger partial charge in [-0.05, 0) is 35.6 Å². The van der Waals surface area contributed by atoms with Gasteiger partial charge in [0.15, 0.2) is 0 Å². The Morgan fingerprint density at radius 2 is 2.00 bits per heavy atom. The van der Waals surface area contributed by atoms with Crippen molar-refractivity contribution >= 4 is 10.8 Å². The lowest BCUT2D eigenvalue weighted by Crippen LogP contribution is -1.90. The molecule has 0 heterocycles. The first-order valence-corrected chi connectivity index (χ1v) is 5.01. The smallest absolute Gasteiger partial charge is 0.134 e. The van der Waals surface area contributed by atoms with Crippen LogP contribution in [-0.4, -0.2) is 7.11 Å². The molecule has 0 aliphatic carbocycles. The van der Waals surface area contributed by atoms with E-state index >= 15 is 0 Å². The molecule has 2 aromatic carbocycles. The Morgan fingerprint density at radius 1 is 1.20 bits per heavy atom. The minimum Gasteiger partial charge on any atom is -0.497 e. The van der Waals surface area contributed by atoms with Crippen LogP contribution in [-0.2, 0) is 6.42 Å². The van der Waals surface area contributed by atoms with Crippen molar-refractivity contribution in [3.05, 3.63) is 41.7 Å². The summed E-state index contributed by atoms with van der Waals surface area (Å²) in [6.45, 7) is 1.95. The van der Waals surface area contributed by atoms with E-state index < -0.39 is 0 Å². The number of fused-ring (bicyclic) bond motifs is 1. The first-order chi connectivity index (χ1) is 7.26.